The number of carbonyl (C=O) groups is 3. The van der Waals surface area contributed by atoms with Gasteiger partial charge in [-0.2, -0.15) is 8.78 Å². The molecule has 3 amide bonds. The van der Waals surface area contributed by atoms with Crippen LogP contribution in [0.5, 0.6) is 11.5 Å². The summed E-state index contributed by atoms with van der Waals surface area (Å²) in [5.74, 6) is -4.43. The van der Waals surface area contributed by atoms with Crippen LogP contribution < -0.4 is 20.1 Å². The molecule has 0 fully saturated rings. The lowest BCUT2D eigenvalue weighted by Gasteiger charge is -2.26. The number of ether oxygens (including phenoxy) is 3. The molecule has 2 aromatic carbocycles. The number of sulfone groups is 1. The maximum Gasteiger partial charge on any atom is 0.341 e. The molecule has 0 spiro atoms. The number of urea groups is 1. The molecule has 0 saturated heterocycles. The van der Waals surface area contributed by atoms with Crippen LogP contribution in [0.2, 0.25) is 0 Å². The molecule has 13 heteroatoms. The third kappa shape index (κ3) is 6.16. The normalized spacial score (nSPS) is 14.9. The van der Waals surface area contributed by atoms with E-state index in [9.17, 15) is 31.6 Å². The van der Waals surface area contributed by atoms with Crippen molar-refractivity contribution in [2.45, 2.75) is 16.8 Å². The van der Waals surface area contributed by atoms with Crippen LogP contribution in [0.3, 0.4) is 0 Å². The second-order valence-corrected chi connectivity index (χ2v) is 8.58. The summed E-state index contributed by atoms with van der Waals surface area (Å²) in [7, 11) is -4.80. The summed E-state index contributed by atoms with van der Waals surface area (Å²) < 4.78 is 63.7. The predicted octanol–water partition coefficient (Wildman–Crippen LogP) is 1.51. The van der Waals surface area contributed by atoms with Gasteiger partial charge in [0.2, 0.25) is 9.84 Å². The number of amides is 3. The first-order chi connectivity index (χ1) is 15.7. The number of benzene rings is 2. The van der Waals surface area contributed by atoms with Gasteiger partial charge in [-0.25, -0.2) is 18.0 Å². The molecule has 0 aliphatic carbocycles. The molecule has 0 radical (unpaired) electrons. The van der Waals surface area contributed by atoms with Crippen molar-refractivity contribution in [3.63, 3.8) is 0 Å². The van der Waals surface area contributed by atoms with Crippen LogP contribution in [0.25, 0.3) is 0 Å². The molecular formula is C20H18F2N2O8S. The average Bonchev–Trinajstić information content (AvgIpc) is 2.81. The van der Waals surface area contributed by atoms with Crippen molar-refractivity contribution in [2.24, 2.45) is 0 Å². The molecule has 33 heavy (non-hydrogen) atoms. The minimum Gasteiger partial charge on any atom is -0.486 e. The summed E-state index contributed by atoms with van der Waals surface area (Å²) in [6, 6.07) is 9.74. The lowest BCUT2D eigenvalue weighted by Crippen LogP contribution is -2.46. The quantitative estimate of drug-likeness (QED) is 0.565. The molecule has 3 rings (SSSR count). The average molecular weight is 484 g/mol. The molecule has 2 N–H and O–H groups in total. The Morgan fingerprint density at radius 2 is 1.73 bits per heavy atom. The van der Waals surface area contributed by atoms with Crippen LogP contribution in [0.15, 0.2) is 53.4 Å². The molecule has 0 bridgehead atoms. The second kappa shape index (κ2) is 10.3. The fourth-order valence-corrected chi connectivity index (χ4v) is 3.40. The number of imide groups is 1. The van der Waals surface area contributed by atoms with Crippen LogP contribution in [0.4, 0.5) is 13.6 Å². The highest BCUT2D eigenvalue weighted by Gasteiger charge is 2.27. The van der Waals surface area contributed by atoms with Crippen LogP contribution in [-0.2, 0) is 19.4 Å². The van der Waals surface area contributed by atoms with Gasteiger partial charge in [-0.3, -0.25) is 10.1 Å². The van der Waals surface area contributed by atoms with Gasteiger partial charge in [-0.15, -0.1) is 0 Å². The Balaban J connectivity index is 1.41. The van der Waals surface area contributed by atoms with Gasteiger partial charge in [0.25, 0.3) is 5.91 Å². The third-order valence-corrected chi connectivity index (χ3v) is 5.70. The molecule has 1 atom stereocenters. The Bertz CT molecular complexity index is 1140. The van der Waals surface area contributed by atoms with Gasteiger partial charge in [0.1, 0.15) is 6.61 Å². The number of carbonyl (C=O) groups excluding carboxylic acids is 3. The zero-order valence-corrected chi connectivity index (χ0v) is 17.6. The Morgan fingerprint density at radius 1 is 1.06 bits per heavy atom. The maximum atomic E-state index is 12.5. The molecule has 176 valence electrons. The molecule has 1 aliphatic heterocycles. The zero-order valence-electron chi connectivity index (χ0n) is 16.8. The molecule has 2 aromatic rings. The van der Waals surface area contributed by atoms with E-state index < -0.39 is 51.1 Å². The fraction of sp³-hybridized carbons (Fsp3) is 0.250. The molecule has 0 saturated carbocycles. The van der Waals surface area contributed by atoms with E-state index in [1.54, 1.807) is 24.3 Å². The summed E-state index contributed by atoms with van der Waals surface area (Å²) in [6.45, 7) is -0.568. The highest BCUT2D eigenvalue weighted by Crippen LogP contribution is 2.30. The Labute approximate surface area is 186 Å². The van der Waals surface area contributed by atoms with Crippen molar-refractivity contribution in [1.82, 2.24) is 10.6 Å². The van der Waals surface area contributed by atoms with Gasteiger partial charge in [0, 0.05) is 0 Å². The van der Waals surface area contributed by atoms with Crippen molar-refractivity contribution in [3.05, 3.63) is 54.1 Å². The first-order valence-corrected chi connectivity index (χ1v) is 11.0. The van der Waals surface area contributed by atoms with E-state index in [4.69, 9.17) is 14.2 Å². The number of hydrogen-bond acceptors (Lipinski definition) is 8. The van der Waals surface area contributed by atoms with Crippen molar-refractivity contribution in [3.8, 4) is 11.5 Å². The summed E-state index contributed by atoms with van der Waals surface area (Å²) in [4.78, 5) is 34.9. The molecule has 0 aromatic heterocycles. The van der Waals surface area contributed by atoms with E-state index >= 15 is 0 Å². The summed E-state index contributed by atoms with van der Waals surface area (Å²) in [6.07, 6.45) is -0.476. The highest BCUT2D eigenvalue weighted by atomic mass is 32.2. The van der Waals surface area contributed by atoms with Gasteiger partial charge in [0.05, 0.1) is 17.0 Å². The SMILES string of the molecule is O=C(COC(=O)c1ccc(S(=O)(=O)C(F)F)cc1)NC(=O)NCC1COc2ccccc2O1. The number of para-hydroxylation sites is 2. The monoisotopic (exact) mass is 484 g/mol. The fourth-order valence-electron chi connectivity index (χ4n) is 2.68. The summed E-state index contributed by atoms with van der Waals surface area (Å²) in [5, 5.41) is 4.39. The number of esters is 1. The van der Waals surface area contributed by atoms with Crippen LogP contribution in [0, 0.1) is 0 Å². The smallest absolute Gasteiger partial charge is 0.341 e. The van der Waals surface area contributed by atoms with E-state index in [-0.39, 0.29) is 18.7 Å². The zero-order chi connectivity index (χ0) is 24.0. The number of hydrogen-bond donors (Lipinski definition) is 2. The Hall–Kier alpha value is -3.74. The topological polar surface area (TPSA) is 137 Å². The Kier molecular flexibility index (Phi) is 7.43. The minimum atomic E-state index is -4.80. The number of rotatable bonds is 7. The van der Waals surface area contributed by atoms with Crippen molar-refractivity contribution in [1.29, 1.82) is 0 Å². The minimum absolute atomic E-state index is 0.0428. The van der Waals surface area contributed by atoms with Crippen LogP contribution in [-0.4, -0.2) is 57.9 Å². The number of alkyl halides is 2. The highest BCUT2D eigenvalue weighted by molar-refractivity contribution is 7.91. The van der Waals surface area contributed by atoms with E-state index in [2.05, 4.69) is 5.32 Å². The number of nitrogens with one attached hydrogen (secondary N) is 2. The third-order valence-electron chi connectivity index (χ3n) is 4.30. The van der Waals surface area contributed by atoms with Gasteiger partial charge in [-0.05, 0) is 36.4 Å². The molecule has 10 nitrogen and oxygen atoms in total. The van der Waals surface area contributed by atoms with E-state index in [0.717, 1.165) is 24.3 Å². The van der Waals surface area contributed by atoms with E-state index in [1.165, 1.54) is 0 Å². The standard InChI is InChI=1S/C20H18F2N2O8S/c21-19(22)33(28,29)14-7-5-12(6-8-14)18(26)31-11-17(25)24-20(27)23-9-13-10-30-15-3-1-2-4-16(15)32-13/h1-8,13,19H,9-11H2,(H2,23,24,25,27). The molecule has 1 aliphatic rings. The summed E-state index contributed by atoms with van der Waals surface area (Å²) in [5.41, 5.74) is -0.171. The molecule has 1 heterocycles. The van der Waals surface area contributed by atoms with E-state index in [0.29, 0.717) is 11.5 Å². The van der Waals surface area contributed by atoms with Gasteiger partial charge < -0.3 is 19.5 Å². The largest absolute Gasteiger partial charge is 0.486 e. The lowest BCUT2D eigenvalue weighted by atomic mass is 10.2. The lowest BCUT2D eigenvalue weighted by molar-refractivity contribution is -0.123. The van der Waals surface area contributed by atoms with Crippen molar-refractivity contribution < 1.29 is 45.8 Å². The van der Waals surface area contributed by atoms with Crippen molar-refractivity contribution >= 4 is 27.7 Å². The first-order valence-electron chi connectivity index (χ1n) is 9.42. The first kappa shape index (κ1) is 23.9. The van der Waals surface area contributed by atoms with E-state index in [1.807, 2.05) is 5.32 Å². The van der Waals surface area contributed by atoms with Crippen LogP contribution >= 0.6 is 0 Å². The summed E-state index contributed by atoms with van der Waals surface area (Å²) >= 11 is 0. The Morgan fingerprint density at radius 3 is 2.39 bits per heavy atom. The van der Waals surface area contributed by atoms with Crippen molar-refractivity contribution in [2.75, 3.05) is 19.8 Å². The second-order valence-electron chi connectivity index (χ2n) is 6.66. The van der Waals surface area contributed by atoms with Gasteiger partial charge in [-0.1, -0.05) is 12.1 Å². The maximum absolute atomic E-state index is 12.5. The number of fused-ring (bicyclic) bond motifs is 1. The predicted molar refractivity (Wildman–Crippen MR) is 108 cm³/mol. The molecular weight excluding hydrogens is 466 g/mol. The van der Waals surface area contributed by atoms with Crippen LogP contribution in [0.1, 0.15) is 10.4 Å². The number of halogens is 2. The van der Waals surface area contributed by atoms with Gasteiger partial charge >= 0.3 is 17.8 Å². The molecule has 1 unspecified atom stereocenters. The van der Waals surface area contributed by atoms with Gasteiger partial charge in [0.15, 0.2) is 24.2 Å².